The van der Waals surface area contributed by atoms with Crippen molar-refractivity contribution in [1.82, 2.24) is 29.6 Å². The third-order valence-electron chi connectivity index (χ3n) is 7.20. The largest absolute Gasteiger partial charge is 0.352 e. The first-order valence-electron chi connectivity index (χ1n) is 12.1. The molecule has 0 aliphatic carbocycles. The second kappa shape index (κ2) is 11.0. The number of hydrogen-bond acceptors (Lipinski definition) is 4. The first-order valence-corrected chi connectivity index (χ1v) is 12.1. The average molecular weight is 438 g/mol. The van der Waals surface area contributed by atoms with Gasteiger partial charge < -0.3 is 19.7 Å². The van der Waals surface area contributed by atoms with Crippen molar-refractivity contribution in [3.05, 3.63) is 54.1 Å². The Morgan fingerprint density at radius 2 is 1.84 bits per heavy atom. The Morgan fingerprint density at radius 1 is 1.09 bits per heavy atom. The number of benzene rings is 1. The molecule has 2 aliphatic rings. The van der Waals surface area contributed by atoms with Crippen LogP contribution in [-0.4, -0.2) is 83.1 Å². The Balaban J connectivity index is 1.36. The third kappa shape index (κ3) is 5.51. The number of piperidine rings is 1. The van der Waals surface area contributed by atoms with Gasteiger partial charge in [0.1, 0.15) is 0 Å². The highest BCUT2D eigenvalue weighted by Crippen LogP contribution is 2.27. The lowest BCUT2D eigenvalue weighted by Gasteiger charge is -2.39. The number of imidazole rings is 1. The molecule has 3 heterocycles. The Morgan fingerprint density at radius 3 is 2.53 bits per heavy atom. The molecule has 0 saturated carbocycles. The van der Waals surface area contributed by atoms with E-state index in [0.29, 0.717) is 12.0 Å². The van der Waals surface area contributed by atoms with Crippen LogP contribution < -0.4 is 5.32 Å². The van der Waals surface area contributed by atoms with Gasteiger partial charge in [-0.15, -0.1) is 0 Å². The first kappa shape index (κ1) is 22.8. The molecule has 0 bridgehead atoms. The molecular formula is C25H39N7. The average Bonchev–Trinajstić information content (AvgIpc) is 3.36. The molecule has 2 saturated heterocycles. The van der Waals surface area contributed by atoms with Crippen LogP contribution in [0.1, 0.15) is 37.4 Å². The number of aromatic nitrogens is 2. The van der Waals surface area contributed by atoms with E-state index in [1.807, 2.05) is 19.6 Å². The fraction of sp³-hybridized carbons (Fsp3) is 0.600. The van der Waals surface area contributed by atoms with Crippen molar-refractivity contribution in [3.8, 4) is 0 Å². The lowest BCUT2D eigenvalue weighted by atomic mass is 9.93. The summed E-state index contributed by atoms with van der Waals surface area (Å²) in [5, 5.41) is 3.65. The number of nitrogens with zero attached hydrogens (tertiary/aromatic N) is 6. The Bertz CT molecular complexity index is 855. The van der Waals surface area contributed by atoms with Gasteiger partial charge in [-0.25, -0.2) is 4.98 Å². The number of nitrogens with one attached hydrogen (secondary N) is 1. The van der Waals surface area contributed by atoms with E-state index in [-0.39, 0.29) is 0 Å². The number of aliphatic imine (C=N–C) groups is 1. The van der Waals surface area contributed by atoms with Gasteiger partial charge >= 0.3 is 0 Å². The zero-order chi connectivity index (χ0) is 22.3. The molecule has 32 heavy (non-hydrogen) atoms. The zero-order valence-electron chi connectivity index (χ0n) is 20.0. The van der Waals surface area contributed by atoms with Gasteiger partial charge in [-0.3, -0.25) is 9.89 Å². The predicted octanol–water partition coefficient (Wildman–Crippen LogP) is 2.68. The fourth-order valence-corrected chi connectivity index (χ4v) is 4.99. The summed E-state index contributed by atoms with van der Waals surface area (Å²) in [6.07, 6.45) is 7.05. The van der Waals surface area contributed by atoms with Gasteiger partial charge in [-0.05, 0) is 30.0 Å². The van der Waals surface area contributed by atoms with E-state index in [2.05, 4.69) is 78.9 Å². The molecule has 2 aliphatic heterocycles. The van der Waals surface area contributed by atoms with Crippen LogP contribution in [0.5, 0.6) is 0 Å². The number of guanidine groups is 1. The second-order valence-electron chi connectivity index (χ2n) is 9.17. The fourth-order valence-electron chi connectivity index (χ4n) is 4.99. The minimum Gasteiger partial charge on any atom is -0.352 e. The first-order chi connectivity index (χ1) is 15.7. The maximum atomic E-state index is 4.62. The van der Waals surface area contributed by atoms with E-state index in [0.717, 1.165) is 58.2 Å². The molecule has 0 spiro atoms. The van der Waals surface area contributed by atoms with Crippen molar-refractivity contribution in [1.29, 1.82) is 0 Å². The van der Waals surface area contributed by atoms with Gasteiger partial charge in [0.25, 0.3) is 0 Å². The summed E-state index contributed by atoms with van der Waals surface area (Å²) in [5.74, 6) is 1.63. The molecule has 2 atom stereocenters. The van der Waals surface area contributed by atoms with Crippen LogP contribution in [0.2, 0.25) is 0 Å². The summed E-state index contributed by atoms with van der Waals surface area (Å²) in [7, 11) is 1.89. The van der Waals surface area contributed by atoms with Crippen LogP contribution >= 0.6 is 0 Å². The van der Waals surface area contributed by atoms with Gasteiger partial charge in [0, 0.05) is 71.8 Å². The number of likely N-dealkylation sites (tertiary alicyclic amines) is 1. The van der Waals surface area contributed by atoms with E-state index in [9.17, 15) is 0 Å². The molecule has 7 nitrogen and oxygen atoms in total. The molecule has 1 aromatic heterocycles. The summed E-state index contributed by atoms with van der Waals surface area (Å²) in [5.41, 5.74) is 2.78. The molecule has 174 valence electrons. The van der Waals surface area contributed by atoms with E-state index < -0.39 is 0 Å². The maximum absolute atomic E-state index is 4.62. The van der Waals surface area contributed by atoms with Crippen molar-refractivity contribution < 1.29 is 0 Å². The lowest BCUT2D eigenvalue weighted by Crippen LogP contribution is -2.48. The zero-order valence-corrected chi connectivity index (χ0v) is 20.0. The highest BCUT2D eigenvalue weighted by molar-refractivity contribution is 5.80. The summed E-state index contributed by atoms with van der Waals surface area (Å²) < 4.78 is 2.25. The Kier molecular flexibility index (Phi) is 7.81. The van der Waals surface area contributed by atoms with Crippen LogP contribution in [-0.2, 0) is 13.1 Å². The number of rotatable bonds is 6. The molecule has 2 fully saturated rings. The SMILES string of the molecule is CCN1CCN(Cc2ccccc2CNC(=NC)N2CCC(C)C(n3ccnc3)C2)CC1. The topological polar surface area (TPSA) is 51.9 Å². The van der Waals surface area contributed by atoms with Crippen molar-refractivity contribution in [3.63, 3.8) is 0 Å². The predicted molar refractivity (Wildman–Crippen MR) is 131 cm³/mol. The standard InChI is InChI=1S/C25H39N7/c1-4-29-13-15-30(16-14-29)18-23-8-6-5-7-22(23)17-28-25(26-3)31-11-9-21(2)24(19-31)32-12-10-27-20-32/h5-8,10,12,20-21,24H,4,9,11,13-19H2,1-3H3,(H,26,28). The maximum Gasteiger partial charge on any atom is 0.193 e. The summed E-state index contributed by atoms with van der Waals surface area (Å²) >= 11 is 0. The van der Waals surface area contributed by atoms with Crippen LogP contribution in [0.3, 0.4) is 0 Å². The quantitative estimate of drug-likeness (QED) is 0.556. The molecular weight excluding hydrogens is 398 g/mol. The monoisotopic (exact) mass is 437 g/mol. The highest BCUT2D eigenvalue weighted by Gasteiger charge is 2.29. The minimum absolute atomic E-state index is 0.430. The molecule has 2 aromatic rings. The van der Waals surface area contributed by atoms with E-state index in [1.165, 1.54) is 24.2 Å². The van der Waals surface area contributed by atoms with Crippen LogP contribution in [0.4, 0.5) is 0 Å². The van der Waals surface area contributed by atoms with Crippen molar-refractivity contribution in [2.45, 2.75) is 39.4 Å². The Hall–Kier alpha value is -2.38. The molecule has 4 rings (SSSR count). The third-order valence-corrected chi connectivity index (χ3v) is 7.20. The summed E-state index contributed by atoms with van der Waals surface area (Å²) in [6.45, 7) is 14.2. The summed E-state index contributed by atoms with van der Waals surface area (Å²) in [6, 6.07) is 9.28. The lowest BCUT2D eigenvalue weighted by molar-refractivity contribution is 0.131. The number of hydrogen-bond donors (Lipinski definition) is 1. The van der Waals surface area contributed by atoms with Gasteiger partial charge in [0.15, 0.2) is 5.96 Å². The van der Waals surface area contributed by atoms with E-state index >= 15 is 0 Å². The number of likely N-dealkylation sites (N-methyl/N-ethyl adjacent to an activating group) is 1. The van der Waals surface area contributed by atoms with Gasteiger partial charge in [-0.2, -0.15) is 0 Å². The van der Waals surface area contributed by atoms with Crippen LogP contribution in [0.15, 0.2) is 48.0 Å². The van der Waals surface area contributed by atoms with Gasteiger partial charge in [0.05, 0.1) is 12.4 Å². The molecule has 1 aromatic carbocycles. The van der Waals surface area contributed by atoms with Gasteiger partial charge in [-0.1, -0.05) is 38.1 Å². The molecule has 2 unspecified atom stereocenters. The van der Waals surface area contributed by atoms with Crippen LogP contribution in [0.25, 0.3) is 0 Å². The van der Waals surface area contributed by atoms with Crippen molar-refractivity contribution in [2.75, 3.05) is 52.9 Å². The molecule has 7 heteroatoms. The second-order valence-corrected chi connectivity index (χ2v) is 9.17. The minimum atomic E-state index is 0.430. The molecule has 1 N–H and O–H groups in total. The highest BCUT2D eigenvalue weighted by atomic mass is 15.3. The molecule has 0 radical (unpaired) electrons. The van der Waals surface area contributed by atoms with Crippen LogP contribution in [0, 0.1) is 5.92 Å². The van der Waals surface area contributed by atoms with E-state index in [1.54, 1.807) is 0 Å². The van der Waals surface area contributed by atoms with Crippen molar-refractivity contribution in [2.24, 2.45) is 10.9 Å². The smallest absolute Gasteiger partial charge is 0.193 e. The van der Waals surface area contributed by atoms with Crippen molar-refractivity contribution >= 4 is 5.96 Å². The molecule has 0 amide bonds. The number of piperazine rings is 1. The van der Waals surface area contributed by atoms with E-state index in [4.69, 9.17) is 0 Å². The summed E-state index contributed by atoms with van der Waals surface area (Å²) in [4.78, 5) is 16.4. The Labute approximate surface area is 193 Å². The normalized spacial score (nSPS) is 23.5. The van der Waals surface area contributed by atoms with Gasteiger partial charge in [0.2, 0.25) is 0 Å².